The number of hydrogen-bond acceptors (Lipinski definition) is 5. The maximum atomic E-state index is 13.0. The van der Waals surface area contributed by atoms with Crippen LogP contribution in [0.1, 0.15) is 35.9 Å². The van der Waals surface area contributed by atoms with Crippen molar-refractivity contribution >= 4 is 41.6 Å². The summed E-state index contributed by atoms with van der Waals surface area (Å²) >= 11 is 0. The molecule has 1 aliphatic heterocycles. The highest BCUT2D eigenvalue weighted by atomic mass is 35.5. The molecule has 0 atom stereocenters. The van der Waals surface area contributed by atoms with Crippen LogP contribution in [0.3, 0.4) is 0 Å². The van der Waals surface area contributed by atoms with Crippen LogP contribution in [0.2, 0.25) is 0 Å². The van der Waals surface area contributed by atoms with Crippen molar-refractivity contribution in [1.82, 2.24) is 30.2 Å². The molecule has 1 fully saturated rings. The smallest absolute Gasteiger partial charge is 0.276 e. The van der Waals surface area contributed by atoms with Gasteiger partial charge in [-0.25, -0.2) is 4.68 Å². The molecule has 1 aromatic carbocycles. The number of hydrogen-bond donors (Lipinski definition) is 1. The summed E-state index contributed by atoms with van der Waals surface area (Å²) in [4.78, 5) is 19.2. The summed E-state index contributed by atoms with van der Waals surface area (Å²) in [6.07, 6.45) is 3.84. The second-order valence-electron chi connectivity index (χ2n) is 7.36. The third-order valence-electron chi connectivity index (χ3n) is 5.51. The van der Waals surface area contributed by atoms with E-state index in [1.165, 1.54) is 0 Å². The molecule has 3 heterocycles. The summed E-state index contributed by atoms with van der Waals surface area (Å²) in [5.41, 5.74) is 3.02. The third-order valence-corrected chi connectivity index (χ3v) is 5.51. The zero-order valence-corrected chi connectivity index (χ0v) is 18.9. The fraction of sp³-hybridized carbons (Fsp3) is 0.429. The van der Waals surface area contributed by atoms with Crippen LogP contribution in [0, 0.1) is 12.8 Å². The second kappa shape index (κ2) is 10.7. The Morgan fingerprint density at radius 1 is 1.20 bits per heavy atom. The molecule has 3 aromatic rings. The van der Waals surface area contributed by atoms with Gasteiger partial charge in [0.2, 0.25) is 0 Å². The normalized spacial score (nSPS) is 14.3. The van der Waals surface area contributed by atoms with Gasteiger partial charge in [-0.2, -0.15) is 0 Å². The van der Waals surface area contributed by atoms with Crippen LogP contribution in [0.25, 0.3) is 16.6 Å². The number of rotatable bonds is 5. The van der Waals surface area contributed by atoms with Gasteiger partial charge in [0.15, 0.2) is 5.69 Å². The van der Waals surface area contributed by atoms with Gasteiger partial charge in [0.25, 0.3) is 5.91 Å². The summed E-state index contributed by atoms with van der Waals surface area (Å²) in [7, 11) is 0. The Hall–Kier alpha value is -2.22. The lowest BCUT2D eigenvalue weighted by Crippen LogP contribution is -2.41. The fourth-order valence-electron chi connectivity index (χ4n) is 3.81. The van der Waals surface area contributed by atoms with E-state index in [9.17, 15) is 4.79 Å². The number of aromatic nitrogens is 4. The van der Waals surface area contributed by atoms with E-state index in [-0.39, 0.29) is 30.7 Å². The topological polar surface area (TPSA) is 75.9 Å². The SMILES string of the molecule is CCNCC1CCN(C(=O)c2nnn(-c3ccc4ncccc4c3)c2C)CC1.Cl.Cl. The van der Waals surface area contributed by atoms with Crippen LogP contribution < -0.4 is 5.32 Å². The van der Waals surface area contributed by atoms with E-state index < -0.39 is 0 Å². The van der Waals surface area contributed by atoms with Gasteiger partial charge in [-0.1, -0.05) is 18.2 Å². The van der Waals surface area contributed by atoms with Crippen molar-refractivity contribution in [2.45, 2.75) is 26.7 Å². The van der Waals surface area contributed by atoms with Gasteiger partial charge in [0.1, 0.15) is 0 Å². The lowest BCUT2D eigenvalue weighted by atomic mass is 9.96. The number of carbonyl (C=O) groups excluding carboxylic acids is 1. The van der Waals surface area contributed by atoms with Crippen molar-refractivity contribution in [3.8, 4) is 5.69 Å². The van der Waals surface area contributed by atoms with Crippen molar-refractivity contribution < 1.29 is 4.79 Å². The first-order valence-electron chi connectivity index (χ1n) is 9.95. The first kappa shape index (κ1) is 24.1. The highest BCUT2D eigenvalue weighted by Gasteiger charge is 2.27. The van der Waals surface area contributed by atoms with Crippen LogP contribution in [0.15, 0.2) is 36.5 Å². The third kappa shape index (κ3) is 4.91. The standard InChI is InChI=1S/C21H26N6O.2ClH/c1-3-22-14-16-8-11-26(12-9-16)21(28)20-15(2)27(25-24-20)18-6-7-19-17(13-18)5-4-10-23-19;;/h4-7,10,13,16,22H,3,8-9,11-12,14H2,1-2H3;2*1H. The van der Waals surface area contributed by atoms with Crippen molar-refractivity contribution in [3.63, 3.8) is 0 Å². The van der Waals surface area contributed by atoms with E-state index in [4.69, 9.17) is 0 Å². The molecule has 0 radical (unpaired) electrons. The minimum Gasteiger partial charge on any atom is -0.337 e. The van der Waals surface area contributed by atoms with E-state index in [1.807, 2.05) is 42.2 Å². The molecular formula is C21H28Cl2N6O. The number of nitrogens with zero attached hydrogens (tertiary/aromatic N) is 5. The zero-order chi connectivity index (χ0) is 19.5. The number of halogens is 2. The molecule has 162 valence electrons. The molecule has 1 aliphatic rings. The predicted molar refractivity (Wildman–Crippen MR) is 123 cm³/mol. The number of pyridine rings is 1. The molecule has 0 spiro atoms. The Morgan fingerprint density at radius 3 is 2.70 bits per heavy atom. The average molecular weight is 451 g/mol. The lowest BCUT2D eigenvalue weighted by Gasteiger charge is -2.31. The van der Waals surface area contributed by atoms with E-state index in [0.717, 1.165) is 61.3 Å². The molecule has 0 saturated carbocycles. The van der Waals surface area contributed by atoms with Crippen LogP contribution in [0.4, 0.5) is 0 Å². The van der Waals surface area contributed by atoms with Gasteiger partial charge >= 0.3 is 0 Å². The van der Waals surface area contributed by atoms with Crippen LogP contribution >= 0.6 is 24.8 Å². The van der Waals surface area contributed by atoms with E-state index >= 15 is 0 Å². The molecule has 0 unspecified atom stereocenters. The molecule has 0 aliphatic carbocycles. The van der Waals surface area contributed by atoms with Crippen LogP contribution in [-0.4, -0.2) is 57.0 Å². The van der Waals surface area contributed by atoms with E-state index in [1.54, 1.807) is 10.9 Å². The molecule has 1 amide bonds. The summed E-state index contributed by atoms with van der Waals surface area (Å²) in [5.74, 6) is 0.625. The van der Waals surface area contributed by atoms with Gasteiger partial charge in [0.05, 0.1) is 16.9 Å². The predicted octanol–water partition coefficient (Wildman–Crippen LogP) is 3.43. The summed E-state index contributed by atoms with van der Waals surface area (Å²) in [5, 5.41) is 12.9. The van der Waals surface area contributed by atoms with Crippen molar-refractivity contribution in [1.29, 1.82) is 0 Å². The van der Waals surface area contributed by atoms with Gasteiger partial charge in [-0.3, -0.25) is 9.78 Å². The lowest BCUT2D eigenvalue weighted by molar-refractivity contribution is 0.0683. The van der Waals surface area contributed by atoms with Gasteiger partial charge < -0.3 is 10.2 Å². The van der Waals surface area contributed by atoms with Gasteiger partial charge in [-0.15, -0.1) is 29.9 Å². The highest BCUT2D eigenvalue weighted by molar-refractivity contribution is 5.93. The minimum atomic E-state index is -0.0203. The molecular weight excluding hydrogens is 423 g/mol. The zero-order valence-electron chi connectivity index (χ0n) is 17.2. The molecule has 7 nitrogen and oxygen atoms in total. The number of nitrogens with one attached hydrogen (secondary N) is 1. The summed E-state index contributed by atoms with van der Waals surface area (Å²) in [6, 6.07) is 9.86. The Kier molecular flexibility index (Phi) is 8.58. The number of amides is 1. The highest BCUT2D eigenvalue weighted by Crippen LogP contribution is 2.21. The number of carbonyl (C=O) groups is 1. The van der Waals surface area contributed by atoms with E-state index in [2.05, 4.69) is 27.5 Å². The summed E-state index contributed by atoms with van der Waals surface area (Å²) in [6.45, 7) is 7.61. The van der Waals surface area contributed by atoms with Crippen LogP contribution in [0.5, 0.6) is 0 Å². The quantitative estimate of drug-likeness (QED) is 0.644. The fourth-order valence-corrected chi connectivity index (χ4v) is 3.81. The Bertz CT molecular complexity index is 985. The molecule has 4 rings (SSSR count). The second-order valence-corrected chi connectivity index (χ2v) is 7.36. The number of fused-ring (bicyclic) bond motifs is 1. The van der Waals surface area contributed by atoms with E-state index in [0.29, 0.717) is 11.6 Å². The van der Waals surface area contributed by atoms with Crippen molar-refractivity contribution in [3.05, 3.63) is 47.9 Å². The Balaban J connectivity index is 0.00000160. The molecule has 1 N–H and O–H groups in total. The Morgan fingerprint density at radius 2 is 1.97 bits per heavy atom. The minimum absolute atomic E-state index is 0. The first-order chi connectivity index (χ1) is 13.7. The van der Waals surface area contributed by atoms with Crippen molar-refractivity contribution in [2.24, 2.45) is 5.92 Å². The van der Waals surface area contributed by atoms with Gasteiger partial charge in [-0.05, 0) is 63.0 Å². The number of benzene rings is 1. The Labute approximate surface area is 189 Å². The molecule has 9 heteroatoms. The maximum Gasteiger partial charge on any atom is 0.276 e. The number of likely N-dealkylation sites (tertiary alicyclic amines) is 1. The van der Waals surface area contributed by atoms with Crippen LogP contribution in [-0.2, 0) is 0 Å². The maximum absolute atomic E-state index is 13.0. The molecule has 1 saturated heterocycles. The van der Waals surface area contributed by atoms with Gasteiger partial charge in [0, 0.05) is 24.7 Å². The molecule has 2 aromatic heterocycles. The monoisotopic (exact) mass is 450 g/mol. The molecule has 30 heavy (non-hydrogen) atoms. The average Bonchev–Trinajstić information content (AvgIpc) is 3.13. The van der Waals surface area contributed by atoms with Crippen molar-refractivity contribution in [2.75, 3.05) is 26.2 Å². The number of piperidine rings is 1. The molecule has 0 bridgehead atoms. The largest absolute Gasteiger partial charge is 0.337 e. The first-order valence-corrected chi connectivity index (χ1v) is 9.95. The summed E-state index contributed by atoms with van der Waals surface area (Å²) < 4.78 is 1.73.